The summed E-state index contributed by atoms with van der Waals surface area (Å²) in [5.74, 6) is -0.0147. The number of benzene rings is 4. The van der Waals surface area contributed by atoms with E-state index in [1.807, 2.05) is 60.7 Å². The molecule has 6 aromatic rings. The molecule has 0 bridgehead atoms. The van der Waals surface area contributed by atoms with Gasteiger partial charge in [0, 0.05) is 30.8 Å². The predicted molar refractivity (Wildman–Crippen MR) is 145 cm³/mol. The Balaban J connectivity index is 1.50. The van der Waals surface area contributed by atoms with E-state index in [2.05, 4.69) is 20.6 Å². The first-order valence-corrected chi connectivity index (χ1v) is 12.6. The summed E-state index contributed by atoms with van der Waals surface area (Å²) >= 11 is 0. The molecule has 0 saturated heterocycles. The number of aliphatic hydroxyl groups is 2. The Bertz CT molecular complexity index is 1680. The first-order chi connectivity index (χ1) is 19.1. The molecule has 0 spiro atoms. The van der Waals surface area contributed by atoms with Crippen LogP contribution >= 0.6 is 0 Å². The number of phenolic OH excluding ortho intramolecular Hbond substituents is 2. The molecule has 10 nitrogen and oxygen atoms in total. The minimum atomic E-state index is -0.0669. The van der Waals surface area contributed by atoms with Gasteiger partial charge in [-0.05, 0) is 60.4 Å². The van der Waals surface area contributed by atoms with Gasteiger partial charge in [0.25, 0.3) is 0 Å². The van der Waals surface area contributed by atoms with Crippen LogP contribution in [-0.4, -0.2) is 63.6 Å². The van der Waals surface area contributed by atoms with E-state index in [1.54, 1.807) is 21.5 Å². The highest BCUT2D eigenvalue weighted by atomic mass is 16.3. The van der Waals surface area contributed by atoms with Crippen molar-refractivity contribution in [3.8, 4) is 22.9 Å². The maximum atomic E-state index is 11.4. The van der Waals surface area contributed by atoms with Crippen molar-refractivity contribution in [2.24, 2.45) is 0 Å². The highest BCUT2D eigenvalue weighted by Gasteiger charge is 2.20. The second-order valence-corrected chi connectivity index (χ2v) is 9.35. The first-order valence-electron chi connectivity index (χ1n) is 12.6. The second-order valence-electron chi connectivity index (χ2n) is 9.35. The SMILES string of the molecule is OCCc1cc(Cc2cc(CCO)cc(-n3nnc4ccccc43)c2O)c(O)c(-n2nnc3ccccc32)c1. The molecule has 0 aliphatic heterocycles. The zero-order valence-corrected chi connectivity index (χ0v) is 20.9. The van der Waals surface area contributed by atoms with E-state index in [9.17, 15) is 20.4 Å². The topological polar surface area (TPSA) is 142 Å². The molecule has 10 heteroatoms. The quantitative estimate of drug-likeness (QED) is 0.239. The zero-order valence-electron chi connectivity index (χ0n) is 20.9. The second kappa shape index (κ2) is 10.2. The largest absolute Gasteiger partial charge is 0.505 e. The van der Waals surface area contributed by atoms with Crippen LogP contribution in [0.3, 0.4) is 0 Å². The molecule has 4 N–H and O–H groups in total. The molecule has 2 aromatic heterocycles. The summed E-state index contributed by atoms with van der Waals surface area (Å²) in [6.45, 7) is -0.134. The molecule has 0 fully saturated rings. The van der Waals surface area contributed by atoms with E-state index >= 15 is 0 Å². The van der Waals surface area contributed by atoms with E-state index in [0.29, 0.717) is 46.4 Å². The van der Waals surface area contributed by atoms with Crippen molar-refractivity contribution in [2.75, 3.05) is 13.2 Å². The van der Waals surface area contributed by atoms with E-state index in [4.69, 9.17) is 0 Å². The summed E-state index contributed by atoms with van der Waals surface area (Å²) in [5.41, 5.74) is 6.37. The number of phenols is 2. The van der Waals surface area contributed by atoms with E-state index in [1.165, 1.54) is 0 Å². The Morgan fingerprint density at radius 3 is 1.46 bits per heavy atom. The monoisotopic (exact) mass is 522 g/mol. The van der Waals surface area contributed by atoms with Gasteiger partial charge in [0.1, 0.15) is 33.9 Å². The van der Waals surface area contributed by atoms with Crippen molar-refractivity contribution in [1.82, 2.24) is 30.0 Å². The Morgan fingerprint density at radius 1 is 0.590 bits per heavy atom. The Labute approximate surface area is 223 Å². The summed E-state index contributed by atoms with van der Waals surface area (Å²) in [6, 6.07) is 22.1. The lowest BCUT2D eigenvalue weighted by atomic mass is 9.96. The Morgan fingerprint density at radius 2 is 1.03 bits per heavy atom. The minimum Gasteiger partial charge on any atom is -0.505 e. The summed E-state index contributed by atoms with van der Waals surface area (Å²) in [5, 5.41) is 59.1. The van der Waals surface area contributed by atoms with Crippen LogP contribution in [0.1, 0.15) is 22.3 Å². The van der Waals surface area contributed by atoms with E-state index < -0.39 is 0 Å². The van der Waals surface area contributed by atoms with Crippen molar-refractivity contribution >= 4 is 22.1 Å². The normalized spacial score (nSPS) is 11.5. The first kappa shape index (κ1) is 24.5. The number of para-hydroxylation sites is 2. The number of hydrogen-bond donors (Lipinski definition) is 4. The number of hydrogen-bond acceptors (Lipinski definition) is 8. The minimum absolute atomic E-state index is 0.00735. The Hall–Kier alpha value is -4.80. The molecule has 0 amide bonds. The van der Waals surface area contributed by atoms with Crippen molar-refractivity contribution in [2.45, 2.75) is 19.3 Å². The summed E-state index contributed by atoms with van der Waals surface area (Å²) in [7, 11) is 0. The van der Waals surface area contributed by atoms with Crippen LogP contribution in [-0.2, 0) is 19.3 Å². The number of aromatic nitrogens is 6. The lowest BCUT2D eigenvalue weighted by molar-refractivity contribution is 0.299. The van der Waals surface area contributed by atoms with Crippen LogP contribution in [0.15, 0.2) is 72.8 Å². The van der Waals surface area contributed by atoms with Gasteiger partial charge in [-0.25, -0.2) is 9.36 Å². The third-order valence-electron chi connectivity index (χ3n) is 6.80. The third-order valence-corrected chi connectivity index (χ3v) is 6.80. The predicted octanol–water partition coefficient (Wildman–Crippen LogP) is 3.23. The van der Waals surface area contributed by atoms with Crippen molar-refractivity contribution in [1.29, 1.82) is 0 Å². The molecule has 0 atom stereocenters. The zero-order chi connectivity index (χ0) is 26.9. The van der Waals surface area contributed by atoms with Gasteiger partial charge in [-0.2, -0.15) is 0 Å². The van der Waals surface area contributed by atoms with E-state index in [0.717, 1.165) is 22.2 Å². The van der Waals surface area contributed by atoms with E-state index in [-0.39, 0.29) is 31.1 Å². The van der Waals surface area contributed by atoms with Crippen LogP contribution in [0.25, 0.3) is 33.4 Å². The fourth-order valence-electron chi connectivity index (χ4n) is 4.92. The number of fused-ring (bicyclic) bond motifs is 2. The highest BCUT2D eigenvalue weighted by Crippen LogP contribution is 2.36. The molecule has 39 heavy (non-hydrogen) atoms. The molecule has 0 aliphatic carbocycles. The average molecular weight is 523 g/mol. The maximum Gasteiger partial charge on any atom is 0.144 e. The standard InChI is InChI=1S/C29H26N6O4/c36-11-9-18-13-20(28(38)26(15-18)34-24-7-3-1-5-22(24)30-32-34)17-21-14-19(10-12-37)16-27(29(21)39)35-25-8-4-2-6-23(25)31-33-35/h1-8,13-16,36-39H,9-12,17H2. The third kappa shape index (κ3) is 4.45. The van der Waals surface area contributed by atoms with Crippen molar-refractivity contribution in [3.63, 3.8) is 0 Å². The smallest absolute Gasteiger partial charge is 0.144 e. The summed E-state index contributed by atoms with van der Waals surface area (Å²) < 4.78 is 3.15. The van der Waals surface area contributed by atoms with Crippen LogP contribution in [0, 0.1) is 0 Å². The number of aromatic hydroxyl groups is 2. The van der Waals surface area contributed by atoms with Crippen molar-refractivity contribution in [3.05, 3.63) is 95.1 Å². The van der Waals surface area contributed by atoms with Crippen LogP contribution in [0.5, 0.6) is 11.5 Å². The lowest BCUT2D eigenvalue weighted by Crippen LogP contribution is -2.05. The molecule has 4 aromatic carbocycles. The van der Waals surface area contributed by atoms with Crippen LogP contribution in [0.2, 0.25) is 0 Å². The van der Waals surface area contributed by atoms with Crippen molar-refractivity contribution < 1.29 is 20.4 Å². The average Bonchev–Trinajstić information content (AvgIpc) is 3.57. The van der Waals surface area contributed by atoms with Gasteiger partial charge in [-0.3, -0.25) is 0 Å². The van der Waals surface area contributed by atoms with Crippen LogP contribution in [0.4, 0.5) is 0 Å². The van der Waals surface area contributed by atoms with Gasteiger partial charge in [-0.15, -0.1) is 10.2 Å². The fraction of sp³-hybridized carbons (Fsp3) is 0.172. The molecule has 6 rings (SSSR count). The number of aliphatic hydroxyl groups excluding tert-OH is 2. The molecule has 0 aliphatic rings. The molecule has 196 valence electrons. The summed E-state index contributed by atoms with van der Waals surface area (Å²) in [4.78, 5) is 0. The fourth-order valence-corrected chi connectivity index (χ4v) is 4.92. The molecule has 0 radical (unpaired) electrons. The molecule has 2 heterocycles. The lowest BCUT2D eigenvalue weighted by Gasteiger charge is -2.16. The Kier molecular flexibility index (Phi) is 6.39. The van der Waals surface area contributed by atoms with Gasteiger partial charge in [0.05, 0.1) is 11.0 Å². The van der Waals surface area contributed by atoms with Gasteiger partial charge in [0.15, 0.2) is 0 Å². The van der Waals surface area contributed by atoms with Gasteiger partial charge < -0.3 is 20.4 Å². The molecule has 0 unspecified atom stereocenters. The van der Waals surface area contributed by atoms with Gasteiger partial charge in [0.2, 0.25) is 0 Å². The maximum absolute atomic E-state index is 11.4. The van der Waals surface area contributed by atoms with Gasteiger partial charge in [-0.1, -0.05) is 46.8 Å². The molecule has 0 saturated carbocycles. The number of nitrogens with zero attached hydrogens (tertiary/aromatic N) is 6. The summed E-state index contributed by atoms with van der Waals surface area (Å²) in [6.07, 6.45) is 0.925. The highest BCUT2D eigenvalue weighted by molar-refractivity contribution is 5.78. The molecular weight excluding hydrogens is 496 g/mol. The number of rotatable bonds is 8. The van der Waals surface area contributed by atoms with Crippen LogP contribution < -0.4 is 0 Å². The molecular formula is C29H26N6O4. The van der Waals surface area contributed by atoms with Gasteiger partial charge >= 0.3 is 0 Å².